The number of anilines is 2. The van der Waals surface area contributed by atoms with Gasteiger partial charge in [-0.05, 0) is 46.9 Å². The van der Waals surface area contributed by atoms with Crippen molar-refractivity contribution in [2.45, 2.75) is 26.7 Å². The van der Waals surface area contributed by atoms with Gasteiger partial charge in [0.1, 0.15) is 0 Å². The first-order chi connectivity index (χ1) is 14.8. The van der Waals surface area contributed by atoms with Crippen LogP contribution < -0.4 is 16.1 Å². The van der Waals surface area contributed by atoms with Crippen molar-refractivity contribution in [1.82, 2.24) is 30.7 Å². The summed E-state index contributed by atoms with van der Waals surface area (Å²) in [7, 11) is 3.98. The van der Waals surface area contributed by atoms with Gasteiger partial charge in [0, 0.05) is 19.8 Å². The molecule has 0 bridgehead atoms. The predicted molar refractivity (Wildman–Crippen MR) is 118 cm³/mol. The maximum absolute atomic E-state index is 12.7. The molecule has 11 heteroatoms. The first kappa shape index (κ1) is 21.7. The Kier molecular flexibility index (Phi) is 6.43. The quantitative estimate of drug-likeness (QED) is 0.435. The fraction of sp³-hybridized carbons (Fsp3) is 0.300. The Labute approximate surface area is 179 Å². The first-order valence-corrected chi connectivity index (χ1v) is 9.62. The molecule has 1 aromatic carbocycles. The molecule has 0 spiro atoms. The zero-order valence-electron chi connectivity index (χ0n) is 18.1. The predicted octanol–water partition coefficient (Wildman–Crippen LogP) is 2.24. The molecule has 3 N–H and O–H groups in total. The molecule has 3 rings (SSSR count). The highest BCUT2D eigenvalue weighted by Crippen LogP contribution is 2.22. The number of amides is 1. The number of hydrogen-bond acceptors (Lipinski definition) is 9. The fourth-order valence-electron chi connectivity index (χ4n) is 2.79. The van der Waals surface area contributed by atoms with E-state index < -0.39 is 5.91 Å². The molecule has 162 valence electrons. The minimum Gasteiger partial charge on any atom is -0.378 e. The molecular formula is C20H25N9O2. The normalized spacial score (nSPS) is 12.0. The van der Waals surface area contributed by atoms with Gasteiger partial charge >= 0.3 is 0 Å². The van der Waals surface area contributed by atoms with Gasteiger partial charge in [0.05, 0.1) is 11.4 Å². The highest BCUT2D eigenvalue weighted by molar-refractivity contribution is 5.99. The summed E-state index contributed by atoms with van der Waals surface area (Å²) in [6.07, 6.45) is 3.73. The second kappa shape index (κ2) is 9.20. The van der Waals surface area contributed by atoms with Crippen LogP contribution in [-0.4, -0.2) is 51.0 Å². The number of aromatic nitrogens is 5. The summed E-state index contributed by atoms with van der Waals surface area (Å²) in [5.41, 5.74) is 11.7. The van der Waals surface area contributed by atoms with Crippen molar-refractivity contribution in [3.8, 4) is 5.82 Å². The van der Waals surface area contributed by atoms with E-state index in [0.717, 1.165) is 11.3 Å². The van der Waals surface area contributed by atoms with Crippen molar-refractivity contribution in [1.29, 1.82) is 0 Å². The van der Waals surface area contributed by atoms with E-state index >= 15 is 0 Å². The summed E-state index contributed by atoms with van der Waals surface area (Å²) in [5.74, 6) is -0.357. The van der Waals surface area contributed by atoms with Gasteiger partial charge in [0.2, 0.25) is 11.6 Å². The number of nitrogen functional groups attached to an aromatic ring is 1. The van der Waals surface area contributed by atoms with Gasteiger partial charge in [0.15, 0.2) is 5.69 Å². The summed E-state index contributed by atoms with van der Waals surface area (Å²) >= 11 is 0. The molecular weight excluding hydrogens is 398 g/mol. The Morgan fingerprint density at radius 3 is 2.55 bits per heavy atom. The van der Waals surface area contributed by atoms with Crippen LogP contribution in [0.15, 0.2) is 40.1 Å². The number of nitrogens with zero attached hydrogens (tertiary/aromatic N) is 7. The third kappa shape index (κ3) is 4.94. The molecule has 0 aliphatic heterocycles. The standard InChI is InChI=1S/C20H25N9O2/c1-12(2)17-16(23-27-29(17)19-18(21)25-31-26-19)20(30)24-22-13(3)6-7-14-8-10-15(11-9-14)28(4)5/h6-12H,1-5H3,(H2,21,25)(H,24,30)/b7-6+,22-13+. The Balaban J connectivity index is 1.73. The highest BCUT2D eigenvalue weighted by atomic mass is 16.6. The maximum Gasteiger partial charge on any atom is 0.293 e. The summed E-state index contributed by atoms with van der Waals surface area (Å²) < 4.78 is 5.97. The van der Waals surface area contributed by atoms with Crippen molar-refractivity contribution in [2.75, 3.05) is 24.7 Å². The summed E-state index contributed by atoms with van der Waals surface area (Å²) in [6, 6.07) is 8.08. The minimum atomic E-state index is -0.493. The lowest BCUT2D eigenvalue weighted by molar-refractivity contribution is 0.0948. The molecule has 1 amide bonds. The number of nitrogens with two attached hydrogens (primary N) is 1. The third-order valence-corrected chi connectivity index (χ3v) is 4.42. The van der Waals surface area contributed by atoms with E-state index in [0.29, 0.717) is 11.4 Å². The zero-order valence-corrected chi connectivity index (χ0v) is 18.1. The molecule has 0 aliphatic rings. The molecule has 0 aliphatic carbocycles. The summed E-state index contributed by atoms with van der Waals surface area (Å²) in [6.45, 7) is 5.58. The fourth-order valence-corrected chi connectivity index (χ4v) is 2.79. The average molecular weight is 423 g/mol. The van der Waals surface area contributed by atoms with Crippen molar-refractivity contribution in [3.63, 3.8) is 0 Å². The maximum atomic E-state index is 12.7. The largest absolute Gasteiger partial charge is 0.378 e. The third-order valence-electron chi connectivity index (χ3n) is 4.42. The van der Waals surface area contributed by atoms with Crippen molar-refractivity contribution in [3.05, 3.63) is 47.3 Å². The summed E-state index contributed by atoms with van der Waals surface area (Å²) in [5, 5.41) is 19.3. The van der Waals surface area contributed by atoms with Gasteiger partial charge in [-0.2, -0.15) is 9.78 Å². The lowest BCUT2D eigenvalue weighted by atomic mass is 10.1. The number of rotatable bonds is 7. The van der Waals surface area contributed by atoms with Crippen molar-refractivity contribution >= 4 is 29.2 Å². The van der Waals surface area contributed by atoms with Crippen LogP contribution in [0.4, 0.5) is 11.5 Å². The number of allylic oxidation sites excluding steroid dienone is 1. The molecule has 11 nitrogen and oxygen atoms in total. The topological polar surface area (TPSA) is 140 Å². The van der Waals surface area contributed by atoms with Crippen LogP contribution in [0.1, 0.15) is 48.4 Å². The second-order valence-corrected chi connectivity index (χ2v) is 7.38. The summed E-state index contributed by atoms with van der Waals surface area (Å²) in [4.78, 5) is 14.7. The molecule has 2 aromatic heterocycles. The number of benzene rings is 1. The van der Waals surface area contributed by atoms with Gasteiger partial charge in [-0.1, -0.05) is 37.3 Å². The SMILES string of the molecule is CC(/C=C/c1ccc(N(C)C)cc1)=N\NC(=O)c1nnn(-c2nonc2N)c1C(C)C. The molecule has 3 aromatic rings. The van der Waals surface area contributed by atoms with E-state index in [-0.39, 0.29) is 23.2 Å². The average Bonchev–Trinajstić information content (AvgIpc) is 3.36. The van der Waals surface area contributed by atoms with Gasteiger partial charge in [-0.3, -0.25) is 4.79 Å². The van der Waals surface area contributed by atoms with Gasteiger partial charge in [-0.15, -0.1) is 5.10 Å². The van der Waals surface area contributed by atoms with Crippen LogP contribution in [0.3, 0.4) is 0 Å². The van der Waals surface area contributed by atoms with E-state index in [9.17, 15) is 4.79 Å². The molecule has 31 heavy (non-hydrogen) atoms. The zero-order chi connectivity index (χ0) is 22.5. The molecule has 0 radical (unpaired) electrons. The van der Waals surface area contributed by atoms with E-state index in [1.807, 2.05) is 69.3 Å². The highest BCUT2D eigenvalue weighted by Gasteiger charge is 2.25. The number of carbonyl (C=O) groups excluding carboxylic acids is 1. The molecule has 0 fully saturated rings. The molecule has 0 saturated heterocycles. The van der Waals surface area contributed by atoms with E-state index in [1.165, 1.54) is 4.68 Å². The van der Waals surface area contributed by atoms with Crippen LogP contribution in [0.5, 0.6) is 0 Å². The van der Waals surface area contributed by atoms with Crippen molar-refractivity contribution < 1.29 is 9.42 Å². The lowest BCUT2D eigenvalue weighted by Crippen LogP contribution is -2.21. The van der Waals surface area contributed by atoms with E-state index in [2.05, 4.69) is 35.8 Å². The van der Waals surface area contributed by atoms with Crippen LogP contribution in [0.2, 0.25) is 0 Å². The number of nitrogens with one attached hydrogen (secondary N) is 1. The van der Waals surface area contributed by atoms with E-state index in [1.54, 1.807) is 6.92 Å². The Bertz CT molecular complexity index is 1110. The molecule has 0 unspecified atom stereocenters. The van der Waals surface area contributed by atoms with Crippen LogP contribution in [0.25, 0.3) is 11.9 Å². The number of carbonyl (C=O) groups is 1. The second-order valence-electron chi connectivity index (χ2n) is 7.38. The molecule has 0 atom stereocenters. The Morgan fingerprint density at radius 1 is 1.26 bits per heavy atom. The van der Waals surface area contributed by atoms with E-state index in [4.69, 9.17) is 5.73 Å². The van der Waals surface area contributed by atoms with Crippen LogP contribution >= 0.6 is 0 Å². The van der Waals surface area contributed by atoms with Crippen LogP contribution in [0, 0.1) is 0 Å². The van der Waals surface area contributed by atoms with Gasteiger partial charge in [-0.25, -0.2) is 10.1 Å². The van der Waals surface area contributed by atoms with Crippen LogP contribution in [-0.2, 0) is 0 Å². The smallest absolute Gasteiger partial charge is 0.293 e. The lowest BCUT2D eigenvalue weighted by Gasteiger charge is -2.11. The number of hydrogen-bond donors (Lipinski definition) is 2. The molecule has 2 heterocycles. The monoisotopic (exact) mass is 423 g/mol. The minimum absolute atomic E-state index is 0.0522. The Hall–Kier alpha value is -4.02. The molecule has 0 saturated carbocycles. The Morgan fingerprint density at radius 2 is 1.97 bits per heavy atom. The van der Waals surface area contributed by atoms with Crippen molar-refractivity contribution in [2.24, 2.45) is 5.10 Å². The van der Waals surface area contributed by atoms with Gasteiger partial charge in [0.25, 0.3) is 5.91 Å². The number of hydrazone groups is 1. The van der Waals surface area contributed by atoms with Gasteiger partial charge < -0.3 is 10.6 Å². The first-order valence-electron chi connectivity index (χ1n) is 9.62.